The predicted molar refractivity (Wildman–Crippen MR) is 99.8 cm³/mol. The van der Waals surface area contributed by atoms with E-state index in [0.717, 1.165) is 56.1 Å². The third-order valence-corrected chi connectivity index (χ3v) is 5.21. The summed E-state index contributed by atoms with van der Waals surface area (Å²) >= 11 is 0. The van der Waals surface area contributed by atoms with Gasteiger partial charge in [0.1, 0.15) is 5.82 Å². The number of fused-ring (bicyclic) bond motifs is 1. The number of nitrogens with zero attached hydrogens (tertiary/aromatic N) is 2. The Morgan fingerprint density at radius 1 is 0.923 bits per heavy atom. The van der Waals surface area contributed by atoms with E-state index in [4.69, 9.17) is 4.74 Å². The number of hydrogen-bond donors (Lipinski definition) is 0. The van der Waals surface area contributed by atoms with Crippen LogP contribution in [0.4, 0.5) is 10.1 Å². The van der Waals surface area contributed by atoms with E-state index in [1.54, 1.807) is 12.1 Å². The molecule has 2 aliphatic rings. The van der Waals surface area contributed by atoms with Crippen molar-refractivity contribution in [2.24, 2.45) is 0 Å². The van der Waals surface area contributed by atoms with E-state index in [2.05, 4.69) is 23.1 Å². The quantitative estimate of drug-likeness (QED) is 0.846. The summed E-state index contributed by atoms with van der Waals surface area (Å²) in [7, 11) is 0. The summed E-state index contributed by atoms with van der Waals surface area (Å²) < 4.78 is 18.6. The fraction of sp³-hybridized carbons (Fsp3) is 0.381. The van der Waals surface area contributed by atoms with Crippen LogP contribution in [-0.4, -0.2) is 50.2 Å². The van der Waals surface area contributed by atoms with E-state index >= 15 is 0 Å². The molecule has 0 atom stereocenters. The number of halogens is 1. The van der Waals surface area contributed by atoms with Gasteiger partial charge in [0.2, 0.25) is 5.91 Å². The lowest BCUT2D eigenvalue weighted by molar-refractivity contribution is -0.119. The van der Waals surface area contributed by atoms with Crippen LogP contribution in [0.5, 0.6) is 0 Å². The lowest BCUT2D eigenvalue weighted by Gasteiger charge is -2.33. The highest BCUT2D eigenvalue weighted by atomic mass is 19.1. The summed E-state index contributed by atoms with van der Waals surface area (Å²) in [5.74, 6) is -0.0592. The molecular weight excluding hydrogens is 331 g/mol. The monoisotopic (exact) mass is 354 g/mol. The van der Waals surface area contributed by atoms with Gasteiger partial charge in [0.05, 0.1) is 13.2 Å². The van der Waals surface area contributed by atoms with Gasteiger partial charge in [-0.1, -0.05) is 24.3 Å². The first-order valence-electron chi connectivity index (χ1n) is 9.20. The Morgan fingerprint density at radius 3 is 2.42 bits per heavy atom. The molecule has 2 aliphatic heterocycles. The molecule has 5 heteroatoms. The maximum atomic E-state index is 13.2. The summed E-state index contributed by atoms with van der Waals surface area (Å²) in [6.45, 7) is 4.92. The molecule has 2 heterocycles. The van der Waals surface area contributed by atoms with Gasteiger partial charge >= 0.3 is 0 Å². The number of anilines is 1. The Labute approximate surface area is 153 Å². The summed E-state index contributed by atoms with van der Waals surface area (Å²) in [5.41, 5.74) is 4.17. The number of amides is 1. The average molecular weight is 354 g/mol. The van der Waals surface area contributed by atoms with Crippen molar-refractivity contribution in [3.05, 3.63) is 53.8 Å². The van der Waals surface area contributed by atoms with Crippen molar-refractivity contribution >= 4 is 11.6 Å². The molecular formula is C21H23FN2O2. The SMILES string of the molecule is O=C1CCc2ccc(-c3ccc(F)cc3)cc2N1CCN1CCOCC1. The summed E-state index contributed by atoms with van der Waals surface area (Å²) in [4.78, 5) is 16.8. The number of hydrogen-bond acceptors (Lipinski definition) is 3. The number of ether oxygens (including phenoxy) is 1. The maximum Gasteiger partial charge on any atom is 0.227 e. The highest BCUT2D eigenvalue weighted by molar-refractivity contribution is 5.97. The molecule has 0 aliphatic carbocycles. The van der Waals surface area contributed by atoms with Crippen LogP contribution in [-0.2, 0) is 16.0 Å². The molecule has 0 bridgehead atoms. The van der Waals surface area contributed by atoms with Crippen molar-refractivity contribution < 1.29 is 13.9 Å². The zero-order chi connectivity index (χ0) is 17.9. The average Bonchev–Trinajstić information content (AvgIpc) is 2.68. The van der Waals surface area contributed by atoms with E-state index in [1.807, 2.05) is 4.90 Å². The van der Waals surface area contributed by atoms with Gasteiger partial charge in [-0.25, -0.2) is 4.39 Å². The molecule has 2 aromatic rings. The van der Waals surface area contributed by atoms with Crippen LogP contribution in [0.1, 0.15) is 12.0 Å². The minimum absolute atomic E-state index is 0.182. The van der Waals surface area contributed by atoms with E-state index in [0.29, 0.717) is 13.0 Å². The number of morpholine rings is 1. The Kier molecular flexibility index (Phi) is 5.00. The van der Waals surface area contributed by atoms with Crippen LogP contribution >= 0.6 is 0 Å². The fourth-order valence-corrected chi connectivity index (χ4v) is 3.67. The summed E-state index contributed by atoms with van der Waals surface area (Å²) in [5, 5.41) is 0. The molecule has 0 radical (unpaired) electrons. The molecule has 0 saturated carbocycles. The minimum Gasteiger partial charge on any atom is -0.379 e. The maximum absolute atomic E-state index is 13.2. The van der Waals surface area contributed by atoms with Gasteiger partial charge in [-0.05, 0) is 41.3 Å². The van der Waals surface area contributed by atoms with Crippen LogP contribution in [0.3, 0.4) is 0 Å². The predicted octanol–water partition coefficient (Wildman–Crippen LogP) is 3.10. The van der Waals surface area contributed by atoms with Gasteiger partial charge < -0.3 is 9.64 Å². The molecule has 0 unspecified atom stereocenters. The molecule has 0 spiro atoms. The highest BCUT2D eigenvalue weighted by Gasteiger charge is 2.25. The van der Waals surface area contributed by atoms with E-state index in [-0.39, 0.29) is 11.7 Å². The third kappa shape index (κ3) is 3.64. The molecule has 136 valence electrons. The standard InChI is InChI=1S/C21H23FN2O2/c22-19-6-3-16(4-7-19)18-2-1-17-5-8-21(25)24(20(17)15-18)10-9-23-11-13-26-14-12-23/h1-4,6-7,15H,5,8-14H2. The zero-order valence-corrected chi connectivity index (χ0v) is 14.8. The number of carbonyl (C=O) groups is 1. The van der Waals surface area contributed by atoms with Crippen LogP contribution in [0.2, 0.25) is 0 Å². The van der Waals surface area contributed by atoms with Crippen LogP contribution in [0.25, 0.3) is 11.1 Å². The van der Waals surface area contributed by atoms with Gasteiger partial charge in [-0.15, -0.1) is 0 Å². The molecule has 0 N–H and O–H groups in total. The minimum atomic E-state index is -0.242. The van der Waals surface area contributed by atoms with Gasteiger partial charge in [0.15, 0.2) is 0 Å². The lowest BCUT2D eigenvalue weighted by atomic mass is 9.96. The van der Waals surface area contributed by atoms with E-state index in [1.165, 1.54) is 17.7 Å². The number of aryl methyl sites for hydroxylation is 1. The van der Waals surface area contributed by atoms with Crippen LogP contribution < -0.4 is 4.90 Å². The van der Waals surface area contributed by atoms with Gasteiger partial charge in [-0.2, -0.15) is 0 Å². The van der Waals surface area contributed by atoms with Gasteiger partial charge in [0, 0.05) is 38.3 Å². The number of benzene rings is 2. The smallest absolute Gasteiger partial charge is 0.227 e. The molecule has 1 amide bonds. The van der Waals surface area contributed by atoms with Crippen molar-refractivity contribution in [2.45, 2.75) is 12.8 Å². The highest BCUT2D eigenvalue weighted by Crippen LogP contribution is 2.32. The Bertz CT molecular complexity index is 785. The lowest BCUT2D eigenvalue weighted by Crippen LogP contribution is -2.44. The molecule has 26 heavy (non-hydrogen) atoms. The second kappa shape index (κ2) is 7.56. The largest absolute Gasteiger partial charge is 0.379 e. The van der Waals surface area contributed by atoms with Crippen molar-refractivity contribution in [3.8, 4) is 11.1 Å². The molecule has 1 fully saturated rings. The molecule has 2 aromatic carbocycles. The summed E-state index contributed by atoms with van der Waals surface area (Å²) in [6.07, 6.45) is 1.35. The van der Waals surface area contributed by atoms with E-state index < -0.39 is 0 Å². The first-order chi connectivity index (χ1) is 12.7. The second-order valence-electron chi connectivity index (χ2n) is 6.85. The number of rotatable bonds is 4. The van der Waals surface area contributed by atoms with Gasteiger partial charge in [-0.3, -0.25) is 9.69 Å². The topological polar surface area (TPSA) is 32.8 Å². The molecule has 4 rings (SSSR count). The van der Waals surface area contributed by atoms with Gasteiger partial charge in [0.25, 0.3) is 0 Å². The van der Waals surface area contributed by atoms with Crippen molar-refractivity contribution in [1.29, 1.82) is 0 Å². The normalized spacial score (nSPS) is 18.0. The Hall–Kier alpha value is -2.24. The molecule has 1 saturated heterocycles. The fourth-order valence-electron chi connectivity index (χ4n) is 3.67. The molecule has 4 nitrogen and oxygen atoms in total. The van der Waals surface area contributed by atoms with Crippen molar-refractivity contribution in [3.63, 3.8) is 0 Å². The van der Waals surface area contributed by atoms with E-state index in [9.17, 15) is 9.18 Å². The van der Waals surface area contributed by atoms with Crippen molar-refractivity contribution in [1.82, 2.24) is 4.90 Å². The first kappa shape index (κ1) is 17.2. The third-order valence-electron chi connectivity index (χ3n) is 5.21. The number of carbonyl (C=O) groups excluding carboxylic acids is 1. The Morgan fingerprint density at radius 2 is 1.65 bits per heavy atom. The molecule has 0 aromatic heterocycles. The summed E-state index contributed by atoms with van der Waals surface area (Å²) in [6, 6.07) is 12.7. The second-order valence-corrected chi connectivity index (χ2v) is 6.85. The van der Waals surface area contributed by atoms with Crippen LogP contribution in [0.15, 0.2) is 42.5 Å². The van der Waals surface area contributed by atoms with Crippen molar-refractivity contribution in [2.75, 3.05) is 44.3 Å². The zero-order valence-electron chi connectivity index (χ0n) is 14.8. The Balaban J connectivity index is 1.57. The first-order valence-corrected chi connectivity index (χ1v) is 9.20. The van der Waals surface area contributed by atoms with Crippen LogP contribution in [0, 0.1) is 5.82 Å².